The molecule has 1 aromatic carbocycles. The molecule has 2 rings (SSSR count). The quantitative estimate of drug-likeness (QED) is 0.539. The van der Waals surface area contributed by atoms with Gasteiger partial charge in [0.2, 0.25) is 6.41 Å². The lowest BCUT2D eigenvalue weighted by Crippen LogP contribution is -2.18. The molecule has 1 aromatic rings. The number of nitrogens with one attached hydrogen (secondary N) is 1. The molecule has 0 aliphatic carbocycles. The van der Waals surface area contributed by atoms with Crippen LogP contribution in [0.2, 0.25) is 0 Å². The number of amides is 1. The van der Waals surface area contributed by atoms with E-state index in [2.05, 4.69) is 11.2 Å². The SMILES string of the molecule is COc1ccc2c(c1)OCC(CNO)=C2.NC=O. The minimum Gasteiger partial charge on any atom is -0.497 e. The Labute approximate surface area is 105 Å². The molecule has 0 unspecified atom stereocenters. The van der Waals surface area contributed by atoms with E-state index in [0.717, 1.165) is 22.6 Å². The Morgan fingerprint density at radius 2 is 2.33 bits per heavy atom. The van der Waals surface area contributed by atoms with E-state index in [4.69, 9.17) is 19.5 Å². The highest BCUT2D eigenvalue weighted by atomic mass is 16.5. The second kappa shape index (κ2) is 7.31. The van der Waals surface area contributed by atoms with Crippen LogP contribution in [0.15, 0.2) is 23.8 Å². The fraction of sp³-hybridized carbons (Fsp3) is 0.250. The van der Waals surface area contributed by atoms with Crippen LogP contribution in [-0.4, -0.2) is 31.9 Å². The number of hydroxylamine groups is 1. The Morgan fingerprint density at radius 3 is 2.94 bits per heavy atom. The van der Waals surface area contributed by atoms with E-state index in [0.29, 0.717) is 13.2 Å². The maximum atomic E-state index is 8.58. The number of fused-ring (bicyclic) bond motifs is 1. The number of methoxy groups -OCH3 is 1. The Hall–Kier alpha value is -2.05. The van der Waals surface area contributed by atoms with Gasteiger partial charge in [0, 0.05) is 18.2 Å². The van der Waals surface area contributed by atoms with Crippen molar-refractivity contribution in [2.24, 2.45) is 5.73 Å². The number of benzene rings is 1. The standard InChI is InChI=1S/C11H13NO3.CH3NO/c1-14-10-3-2-9-4-8(6-12-13)7-15-11(9)5-10;2-1-3/h2-5,12-13H,6-7H2,1H3;1H,(H2,2,3). The number of carbonyl (C=O) groups is 1. The van der Waals surface area contributed by atoms with Gasteiger partial charge < -0.3 is 20.4 Å². The van der Waals surface area contributed by atoms with Gasteiger partial charge in [0.05, 0.1) is 7.11 Å². The van der Waals surface area contributed by atoms with Gasteiger partial charge in [-0.3, -0.25) is 4.79 Å². The summed E-state index contributed by atoms with van der Waals surface area (Å²) in [7, 11) is 1.63. The fourth-order valence-electron chi connectivity index (χ4n) is 1.52. The number of carbonyl (C=O) groups excluding carboxylic acids is 1. The fourth-order valence-corrected chi connectivity index (χ4v) is 1.52. The first-order valence-corrected chi connectivity index (χ1v) is 5.27. The minimum absolute atomic E-state index is 0.250. The van der Waals surface area contributed by atoms with Gasteiger partial charge in [-0.25, -0.2) is 5.48 Å². The van der Waals surface area contributed by atoms with E-state index < -0.39 is 0 Å². The molecule has 0 saturated carbocycles. The summed E-state index contributed by atoms with van der Waals surface area (Å²) in [6.45, 7) is 0.916. The van der Waals surface area contributed by atoms with Crippen LogP contribution in [-0.2, 0) is 4.79 Å². The third-order valence-corrected chi connectivity index (χ3v) is 2.30. The third-order valence-electron chi connectivity index (χ3n) is 2.30. The van der Waals surface area contributed by atoms with E-state index in [1.165, 1.54) is 0 Å². The molecule has 6 heteroatoms. The average molecular weight is 252 g/mol. The van der Waals surface area contributed by atoms with Crippen LogP contribution in [0, 0.1) is 0 Å². The number of ether oxygens (including phenoxy) is 2. The zero-order valence-corrected chi connectivity index (χ0v) is 10.1. The van der Waals surface area contributed by atoms with Crippen LogP contribution in [0.1, 0.15) is 5.56 Å². The van der Waals surface area contributed by atoms with E-state index >= 15 is 0 Å². The van der Waals surface area contributed by atoms with Crippen LogP contribution in [0.4, 0.5) is 0 Å². The number of rotatable bonds is 3. The summed E-state index contributed by atoms with van der Waals surface area (Å²) in [5, 5.41) is 8.58. The highest BCUT2D eigenvalue weighted by molar-refractivity contribution is 5.63. The van der Waals surface area contributed by atoms with Crippen LogP contribution in [0.3, 0.4) is 0 Å². The minimum atomic E-state index is 0.250. The summed E-state index contributed by atoms with van der Waals surface area (Å²) >= 11 is 0. The predicted molar refractivity (Wildman–Crippen MR) is 66.5 cm³/mol. The van der Waals surface area contributed by atoms with Crippen molar-refractivity contribution < 1.29 is 19.5 Å². The molecule has 0 bridgehead atoms. The maximum Gasteiger partial charge on any atom is 0.204 e. The van der Waals surface area contributed by atoms with Gasteiger partial charge in [0.15, 0.2) is 0 Å². The normalized spacial score (nSPS) is 12.2. The average Bonchev–Trinajstić information content (AvgIpc) is 2.39. The van der Waals surface area contributed by atoms with Crippen molar-refractivity contribution in [3.05, 3.63) is 29.3 Å². The van der Waals surface area contributed by atoms with Gasteiger partial charge in [-0.1, -0.05) is 0 Å². The van der Waals surface area contributed by atoms with Crippen LogP contribution in [0.5, 0.6) is 11.5 Å². The zero-order chi connectivity index (χ0) is 13.4. The Balaban J connectivity index is 0.000000492. The lowest BCUT2D eigenvalue weighted by molar-refractivity contribution is -0.106. The van der Waals surface area contributed by atoms with Crippen LogP contribution >= 0.6 is 0 Å². The molecule has 0 spiro atoms. The van der Waals surface area contributed by atoms with Crippen molar-refractivity contribution in [3.63, 3.8) is 0 Å². The van der Waals surface area contributed by atoms with Gasteiger partial charge in [-0.15, -0.1) is 0 Å². The number of hydrogen-bond donors (Lipinski definition) is 3. The molecule has 1 aliphatic rings. The molecule has 0 aromatic heterocycles. The van der Waals surface area contributed by atoms with Crippen LogP contribution in [0.25, 0.3) is 6.08 Å². The summed E-state index contributed by atoms with van der Waals surface area (Å²) in [5.41, 5.74) is 8.30. The van der Waals surface area contributed by atoms with Gasteiger partial charge in [0.1, 0.15) is 18.1 Å². The Bertz CT molecular complexity index is 432. The molecule has 1 heterocycles. The van der Waals surface area contributed by atoms with E-state index in [1.807, 2.05) is 24.3 Å². The second-order valence-corrected chi connectivity index (χ2v) is 3.47. The van der Waals surface area contributed by atoms with Crippen molar-refractivity contribution >= 4 is 12.5 Å². The lowest BCUT2D eigenvalue weighted by Gasteiger charge is -2.18. The molecule has 98 valence electrons. The third kappa shape index (κ3) is 3.76. The molecule has 18 heavy (non-hydrogen) atoms. The molecule has 6 nitrogen and oxygen atoms in total. The topological polar surface area (TPSA) is 93.8 Å². The molecule has 0 fully saturated rings. The Morgan fingerprint density at radius 1 is 1.61 bits per heavy atom. The van der Waals surface area contributed by atoms with Gasteiger partial charge in [-0.05, 0) is 23.8 Å². The largest absolute Gasteiger partial charge is 0.497 e. The number of primary amides is 1. The summed E-state index contributed by atoms with van der Waals surface area (Å²) in [5.74, 6) is 1.60. The van der Waals surface area contributed by atoms with Crippen molar-refractivity contribution in [2.45, 2.75) is 0 Å². The van der Waals surface area contributed by atoms with E-state index in [-0.39, 0.29) is 6.41 Å². The molecule has 0 atom stereocenters. The summed E-state index contributed by atoms with van der Waals surface area (Å²) < 4.78 is 10.6. The number of hydrogen-bond acceptors (Lipinski definition) is 5. The molecule has 0 saturated heterocycles. The highest BCUT2D eigenvalue weighted by Gasteiger charge is 2.11. The molecule has 0 radical (unpaired) electrons. The maximum absolute atomic E-state index is 8.58. The van der Waals surface area contributed by atoms with Crippen molar-refractivity contribution in [3.8, 4) is 11.5 Å². The van der Waals surface area contributed by atoms with Gasteiger partial charge >= 0.3 is 0 Å². The molecule has 4 N–H and O–H groups in total. The van der Waals surface area contributed by atoms with Crippen molar-refractivity contribution in [1.82, 2.24) is 5.48 Å². The molecule has 1 aliphatic heterocycles. The predicted octanol–water partition coefficient (Wildman–Crippen LogP) is 0.551. The monoisotopic (exact) mass is 252 g/mol. The number of nitrogens with two attached hydrogens (primary N) is 1. The summed E-state index contributed by atoms with van der Waals surface area (Å²) in [6.07, 6.45) is 2.25. The summed E-state index contributed by atoms with van der Waals surface area (Å²) in [6, 6.07) is 5.67. The lowest BCUT2D eigenvalue weighted by atomic mass is 10.1. The van der Waals surface area contributed by atoms with Crippen molar-refractivity contribution in [1.29, 1.82) is 0 Å². The smallest absolute Gasteiger partial charge is 0.204 e. The van der Waals surface area contributed by atoms with Gasteiger partial charge in [-0.2, -0.15) is 0 Å². The second-order valence-electron chi connectivity index (χ2n) is 3.47. The van der Waals surface area contributed by atoms with E-state index in [1.54, 1.807) is 7.11 Å². The zero-order valence-electron chi connectivity index (χ0n) is 10.1. The van der Waals surface area contributed by atoms with Crippen LogP contribution < -0.4 is 20.7 Å². The first kappa shape index (κ1) is 14.0. The van der Waals surface area contributed by atoms with Crippen molar-refractivity contribution in [2.75, 3.05) is 20.3 Å². The Kier molecular flexibility index (Phi) is 5.69. The molecule has 1 amide bonds. The molecular formula is C12H16N2O4. The first-order valence-electron chi connectivity index (χ1n) is 5.27. The highest BCUT2D eigenvalue weighted by Crippen LogP contribution is 2.29. The summed E-state index contributed by atoms with van der Waals surface area (Å²) in [4.78, 5) is 8.58. The van der Waals surface area contributed by atoms with Gasteiger partial charge in [0.25, 0.3) is 0 Å². The first-order chi connectivity index (χ1) is 8.74. The van der Waals surface area contributed by atoms with E-state index in [9.17, 15) is 0 Å². The molecular weight excluding hydrogens is 236 g/mol.